The second-order valence-corrected chi connectivity index (χ2v) is 10.1. The van der Waals surface area contributed by atoms with Gasteiger partial charge in [0.25, 0.3) is 0 Å². The highest BCUT2D eigenvalue weighted by Crippen LogP contribution is 2.23. The lowest BCUT2D eigenvalue weighted by Gasteiger charge is -2.34. The Kier molecular flexibility index (Phi) is 6.71. The van der Waals surface area contributed by atoms with Gasteiger partial charge in [-0.1, -0.05) is 0 Å². The van der Waals surface area contributed by atoms with E-state index in [0.717, 1.165) is 0 Å². The van der Waals surface area contributed by atoms with Crippen LogP contribution in [0.3, 0.4) is 0 Å². The Morgan fingerprint density at radius 2 is 1.71 bits per heavy atom. The van der Waals surface area contributed by atoms with Gasteiger partial charge < -0.3 is 14.7 Å². The van der Waals surface area contributed by atoms with Crippen LogP contribution in [-0.4, -0.2) is 67.1 Å². The monoisotopic (exact) mass is 412 g/mol. The molecular formula is C19H28N2O6S. The van der Waals surface area contributed by atoms with Crippen LogP contribution in [0, 0.1) is 5.92 Å². The predicted molar refractivity (Wildman–Crippen MR) is 104 cm³/mol. The number of carboxylic acids is 1. The number of benzene rings is 1. The Bertz CT molecular complexity index is 806. The minimum absolute atomic E-state index is 0.0381. The molecule has 1 fully saturated rings. The second kappa shape index (κ2) is 8.48. The fourth-order valence-corrected chi connectivity index (χ4v) is 4.28. The van der Waals surface area contributed by atoms with Gasteiger partial charge in [-0.25, -0.2) is 22.3 Å². The van der Waals surface area contributed by atoms with Crippen molar-refractivity contribution in [1.29, 1.82) is 0 Å². The number of likely N-dealkylation sites (tertiary alicyclic amines) is 1. The standard InChI is InChI=1S/C19H28N2O6S/c1-19(2,3)27-18(24)21-11-9-14(10-12-21)13-20(4)28(25,26)16-7-5-15(6-8-16)17(22)23/h5-8,14H,9-13H2,1-4H3,(H,22,23). The third-order valence-electron chi connectivity index (χ3n) is 4.59. The molecule has 1 aliphatic heterocycles. The largest absolute Gasteiger partial charge is 0.478 e. The molecule has 1 aromatic carbocycles. The fourth-order valence-electron chi connectivity index (χ4n) is 3.04. The highest BCUT2D eigenvalue weighted by Gasteiger charge is 2.30. The lowest BCUT2D eigenvalue weighted by atomic mass is 9.97. The van der Waals surface area contributed by atoms with Crippen LogP contribution in [0.4, 0.5) is 4.79 Å². The lowest BCUT2D eigenvalue weighted by Crippen LogP contribution is -2.44. The smallest absolute Gasteiger partial charge is 0.410 e. The molecule has 0 saturated carbocycles. The van der Waals surface area contributed by atoms with Gasteiger partial charge in [0.05, 0.1) is 10.5 Å². The van der Waals surface area contributed by atoms with Crippen molar-refractivity contribution in [2.45, 2.75) is 44.1 Å². The lowest BCUT2D eigenvalue weighted by molar-refractivity contribution is 0.0179. The number of rotatable bonds is 5. The quantitative estimate of drug-likeness (QED) is 0.797. The van der Waals surface area contributed by atoms with E-state index in [2.05, 4.69) is 0 Å². The first-order valence-electron chi connectivity index (χ1n) is 9.18. The number of hydrogen-bond donors (Lipinski definition) is 1. The molecular weight excluding hydrogens is 384 g/mol. The van der Waals surface area contributed by atoms with E-state index in [4.69, 9.17) is 9.84 Å². The van der Waals surface area contributed by atoms with E-state index in [9.17, 15) is 18.0 Å². The number of carbonyl (C=O) groups is 2. The zero-order valence-corrected chi connectivity index (χ0v) is 17.5. The zero-order valence-electron chi connectivity index (χ0n) is 16.7. The molecule has 0 aromatic heterocycles. The molecule has 28 heavy (non-hydrogen) atoms. The number of sulfonamides is 1. The van der Waals surface area contributed by atoms with Crippen LogP contribution in [0.15, 0.2) is 29.2 Å². The second-order valence-electron chi connectivity index (χ2n) is 8.03. The Balaban J connectivity index is 1.93. The molecule has 1 amide bonds. The third-order valence-corrected chi connectivity index (χ3v) is 6.43. The van der Waals surface area contributed by atoms with E-state index in [1.807, 2.05) is 20.8 Å². The van der Waals surface area contributed by atoms with Crippen molar-refractivity contribution in [2.24, 2.45) is 5.92 Å². The van der Waals surface area contributed by atoms with Crippen LogP contribution in [0.5, 0.6) is 0 Å². The van der Waals surface area contributed by atoms with Gasteiger partial charge in [0.1, 0.15) is 5.60 Å². The minimum Gasteiger partial charge on any atom is -0.478 e. The summed E-state index contributed by atoms with van der Waals surface area (Å²) in [5.41, 5.74) is -0.505. The molecule has 156 valence electrons. The molecule has 0 radical (unpaired) electrons. The molecule has 1 saturated heterocycles. The number of carboxylic acid groups (broad SMARTS) is 1. The molecule has 8 nitrogen and oxygen atoms in total. The average Bonchev–Trinajstić information content (AvgIpc) is 2.60. The van der Waals surface area contributed by atoms with Crippen molar-refractivity contribution in [3.63, 3.8) is 0 Å². The summed E-state index contributed by atoms with van der Waals surface area (Å²) in [7, 11) is -2.18. The Morgan fingerprint density at radius 3 is 2.18 bits per heavy atom. The summed E-state index contributed by atoms with van der Waals surface area (Å²) in [5.74, 6) is -0.967. The summed E-state index contributed by atoms with van der Waals surface area (Å²) in [6.45, 7) is 6.86. The van der Waals surface area contributed by atoms with Crippen LogP contribution in [0.25, 0.3) is 0 Å². The first-order valence-corrected chi connectivity index (χ1v) is 10.6. The van der Waals surface area contributed by atoms with Crippen LogP contribution >= 0.6 is 0 Å². The normalized spacial score (nSPS) is 16.2. The van der Waals surface area contributed by atoms with Crippen molar-refractivity contribution in [3.8, 4) is 0 Å². The summed E-state index contributed by atoms with van der Waals surface area (Å²) in [6, 6.07) is 5.17. The molecule has 9 heteroatoms. The number of ether oxygens (including phenoxy) is 1. The van der Waals surface area contributed by atoms with Gasteiger partial charge in [0.2, 0.25) is 10.0 Å². The zero-order chi connectivity index (χ0) is 21.1. The summed E-state index contributed by atoms with van der Waals surface area (Å²) in [6.07, 6.45) is 1.04. The maximum absolute atomic E-state index is 12.7. The number of aromatic carboxylic acids is 1. The van der Waals surface area contributed by atoms with E-state index in [0.29, 0.717) is 32.5 Å². The fraction of sp³-hybridized carbons (Fsp3) is 0.579. The molecule has 0 aliphatic carbocycles. The van der Waals surface area contributed by atoms with Crippen molar-refractivity contribution in [2.75, 3.05) is 26.7 Å². The Morgan fingerprint density at radius 1 is 1.18 bits per heavy atom. The van der Waals surface area contributed by atoms with Gasteiger partial charge in [-0.05, 0) is 63.8 Å². The van der Waals surface area contributed by atoms with E-state index in [1.54, 1.807) is 4.90 Å². The van der Waals surface area contributed by atoms with Crippen molar-refractivity contribution >= 4 is 22.1 Å². The van der Waals surface area contributed by atoms with E-state index >= 15 is 0 Å². The van der Waals surface area contributed by atoms with Gasteiger partial charge in [-0.3, -0.25) is 0 Å². The van der Waals surface area contributed by atoms with Crippen molar-refractivity contribution in [3.05, 3.63) is 29.8 Å². The Labute approximate surface area is 166 Å². The van der Waals surface area contributed by atoms with E-state index < -0.39 is 21.6 Å². The van der Waals surface area contributed by atoms with Crippen LogP contribution < -0.4 is 0 Å². The molecule has 0 bridgehead atoms. The molecule has 0 unspecified atom stereocenters. The van der Waals surface area contributed by atoms with Gasteiger partial charge in [-0.15, -0.1) is 0 Å². The molecule has 0 spiro atoms. The molecule has 1 aliphatic rings. The first-order chi connectivity index (χ1) is 12.9. The maximum atomic E-state index is 12.7. The maximum Gasteiger partial charge on any atom is 0.410 e. The summed E-state index contributed by atoms with van der Waals surface area (Å²) in [5, 5.41) is 8.93. The van der Waals surface area contributed by atoms with Crippen LogP contribution in [0.2, 0.25) is 0 Å². The van der Waals surface area contributed by atoms with E-state index in [1.165, 1.54) is 35.6 Å². The highest BCUT2D eigenvalue weighted by atomic mass is 32.2. The molecule has 1 aromatic rings. The minimum atomic E-state index is -3.70. The SMILES string of the molecule is CN(CC1CCN(C(=O)OC(C)(C)C)CC1)S(=O)(=O)c1ccc(C(=O)O)cc1. The topological polar surface area (TPSA) is 104 Å². The van der Waals surface area contributed by atoms with Crippen molar-refractivity contribution < 1.29 is 27.9 Å². The average molecular weight is 413 g/mol. The number of amides is 1. The van der Waals surface area contributed by atoms with Crippen LogP contribution in [0.1, 0.15) is 44.0 Å². The highest BCUT2D eigenvalue weighted by molar-refractivity contribution is 7.89. The van der Waals surface area contributed by atoms with Gasteiger partial charge in [-0.2, -0.15) is 0 Å². The summed E-state index contributed by atoms with van der Waals surface area (Å²) < 4.78 is 32.1. The number of hydrogen-bond acceptors (Lipinski definition) is 5. The summed E-state index contributed by atoms with van der Waals surface area (Å²) in [4.78, 5) is 24.7. The molecule has 1 N–H and O–H groups in total. The Hall–Kier alpha value is -2.13. The molecule has 0 atom stereocenters. The van der Waals surface area contributed by atoms with Gasteiger partial charge in [0, 0.05) is 26.7 Å². The number of carbonyl (C=O) groups excluding carboxylic acids is 1. The number of nitrogens with zero attached hydrogens (tertiary/aromatic N) is 2. The first kappa shape index (κ1) is 22.2. The predicted octanol–water partition coefficient (Wildman–Crippen LogP) is 2.65. The molecule has 2 rings (SSSR count). The summed E-state index contributed by atoms with van der Waals surface area (Å²) >= 11 is 0. The van der Waals surface area contributed by atoms with Crippen LogP contribution in [-0.2, 0) is 14.8 Å². The van der Waals surface area contributed by atoms with Crippen molar-refractivity contribution in [1.82, 2.24) is 9.21 Å². The van der Waals surface area contributed by atoms with Gasteiger partial charge >= 0.3 is 12.1 Å². The third kappa shape index (κ3) is 5.68. The van der Waals surface area contributed by atoms with Gasteiger partial charge in [0.15, 0.2) is 0 Å². The van der Waals surface area contributed by atoms with E-state index in [-0.39, 0.29) is 22.5 Å². The molecule has 1 heterocycles. The number of piperidine rings is 1.